The van der Waals surface area contributed by atoms with Crippen LogP contribution in [0.3, 0.4) is 0 Å². The van der Waals surface area contributed by atoms with Crippen molar-refractivity contribution in [3.63, 3.8) is 0 Å². The van der Waals surface area contributed by atoms with Crippen LogP contribution in [0, 0.1) is 0 Å². The van der Waals surface area contributed by atoms with Gasteiger partial charge in [0.05, 0.1) is 6.04 Å². The lowest BCUT2D eigenvalue weighted by Gasteiger charge is -2.21. The summed E-state index contributed by atoms with van der Waals surface area (Å²) in [6.07, 6.45) is 4.14. The molecular weight excluding hydrogens is 304 g/mol. The molecule has 1 saturated heterocycles. The summed E-state index contributed by atoms with van der Waals surface area (Å²) in [7, 11) is 0. The van der Waals surface area contributed by atoms with E-state index in [2.05, 4.69) is 31.3 Å². The highest BCUT2D eigenvalue weighted by Crippen LogP contribution is 2.26. The van der Waals surface area contributed by atoms with E-state index in [0.717, 1.165) is 24.3 Å². The van der Waals surface area contributed by atoms with E-state index in [-0.39, 0.29) is 0 Å². The van der Waals surface area contributed by atoms with Crippen molar-refractivity contribution < 1.29 is 4.79 Å². The van der Waals surface area contributed by atoms with Gasteiger partial charge in [0, 0.05) is 18.8 Å². The number of hydrogen-bond acceptors (Lipinski definition) is 6. The van der Waals surface area contributed by atoms with Crippen LogP contribution in [0.1, 0.15) is 25.8 Å². The summed E-state index contributed by atoms with van der Waals surface area (Å²) in [5.74, 6) is 3.15. The maximum Gasteiger partial charge on any atom is 0.327 e. The third kappa shape index (κ3) is 3.38. The summed E-state index contributed by atoms with van der Waals surface area (Å²) in [5.41, 5.74) is 0. The largest absolute Gasteiger partial charge is 0.327 e. The van der Waals surface area contributed by atoms with Gasteiger partial charge < -0.3 is 0 Å². The predicted octanol–water partition coefficient (Wildman–Crippen LogP) is 1.60. The third-order valence-corrected chi connectivity index (χ3v) is 4.52. The molecule has 1 aliphatic heterocycles. The van der Waals surface area contributed by atoms with Crippen LogP contribution in [0.4, 0.5) is 16.6 Å². The van der Waals surface area contributed by atoms with Gasteiger partial charge in [-0.15, -0.1) is 0 Å². The molecule has 3 heterocycles. The summed E-state index contributed by atoms with van der Waals surface area (Å²) < 4.78 is 3.43. The third-order valence-electron chi connectivity index (χ3n) is 3.47. The number of aromatic nitrogens is 6. The molecule has 0 bridgehead atoms. The predicted molar refractivity (Wildman–Crippen MR) is 84.0 cm³/mol. The molecule has 2 aromatic heterocycles. The molecule has 9 nitrogen and oxygen atoms in total. The molecule has 2 aromatic rings. The molecule has 3 rings (SSSR count). The maximum atomic E-state index is 11.9. The number of hydrogen-bond donors (Lipinski definition) is 2. The van der Waals surface area contributed by atoms with Gasteiger partial charge in [-0.2, -0.15) is 16.9 Å². The molecule has 22 heavy (non-hydrogen) atoms. The van der Waals surface area contributed by atoms with Crippen LogP contribution in [0.25, 0.3) is 0 Å². The lowest BCUT2D eigenvalue weighted by Crippen LogP contribution is -2.23. The zero-order valence-electron chi connectivity index (χ0n) is 12.3. The topological polar surface area (TPSA) is 103 Å². The molecule has 10 heteroatoms. The number of carbonyl (C=O) groups excluding carboxylic acids is 1. The summed E-state index contributed by atoms with van der Waals surface area (Å²) in [6, 6.07) is 1.81. The van der Waals surface area contributed by atoms with Crippen LogP contribution < -0.4 is 10.6 Å². The fraction of sp³-hybridized carbons (Fsp3) is 0.583. The van der Waals surface area contributed by atoms with E-state index in [1.165, 1.54) is 4.68 Å². The molecule has 0 spiro atoms. The molecule has 0 unspecified atom stereocenters. The van der Waals surface area contributed by atoms with Gasteiger partial charge in [0.1, 0.15) is 0 Å². The molecule has 0 radical (unpaired) electrons. The van der Waals surface area contributed by atoms with E-state index < -0.39 is 6.03 Å². The second kappa shape index (κ2) is 6.77. The van der Waals surface area contributed by atoms with Gasteiger partial charge in [0.25, 0.3) is 5.95 Å². The van der Waals surface area contributed by atoms with Gasteiger partial charge in [0.15, 0.2) is 5.82 Å². The van der Waals surface area contributed by atoms with E-state index in [9.17, 15) is 4.79 Å². The van der Waals surface area contributed by atoms with E-state index in [0.29, 0.717) is 24.4 Å². The van der Waals surface area contributed by atoms with E-state index in [1.54, 1.807) is 6.07 Å². The minimum Gasteiger partial charge on any atom is -0.291 e. The van der Waals surface area contributed by atoms with Crippen LogP contribution >= 0.6 is 11.8 Å². The monoisotopic (exact) mass is 322 g/mol. The first kappa shape index (κ1) is 14.8. The van der Waals surface area contributed by atoms with Gasteiger partial charge in [-0.1, -0.05) is 5.10 Å². The number of tetrazole rings is 1. The molecule has 0 atom stereocenters. The van der Waals surface area contributed by atoms with Gasteiger partial charge >= 0.3 is 6.03 Å². The van der Waals surface area contributed by atoms with E-state index >= 15 is 0 Å². The van der Waals surface area contributed by atoms with E-state index in [4.69, 9.17) is 0 Å². The zero-order chi connectivity index (χ0) is 15.4. The molecule has 1 fully saturated rings. The normalized spacial score (nSPS) is 15.7. The average molecular weight is 322 g/mol. The number of nitrogens with one attached hydrogen (secondary N) is 2. The smallest absolute Gasteiger partial charge is 0.291 e. The summed E-state index contributed by atoms with van der Waals surface area (Å²) >= 11 is 1.97. The van der Waals surface area contributed by atoms with Crippen molar-refractivity contribution in [3.05, 3.63) is 12.3 Å². The summed E-state index contributed by atoms with van der Waals surface area (Å²) in [4.78, 5) is 11.9. The number of amides is 2. The second-order valence-corrected chi connectivity index (χ2v) is 6.15. The Morgan fingerprint density at radius 3 is 3.00 bits per heavy atom. The molecule has 0 aliphatic carbocycles. The Bertz CT molecular complexity index is 633. The highest BCUT2D eigenvalue weighted by atomic mass is 32.2. The van der Waals surface area contributed by atoms with Crippen molar-refractivity contribution >= 4 is 29.6 Å². The van der Waals surface area contributed by atoms with Crippen LogP contribution in [0.2, 0.25) is 0 Å². The highest BCUT2D eigenvalue weighted by Gasteiger charge is 2.17. The van der Waals surface area contributed by atoms with Gasteiger partial charge in [-0.25, -0.2) is 9.48 Å². The van der Waals surface area contributed by atoms with Gasteiger partial charge in [-0.3, -0.25) is 15.3 Å². The standard InChI is InChI=1S/C12H18N8OS/c1-2-19-11(15-17-18-19)14-12(21)13-10-3-6-20(16-10)9-4-7-22-8-5-9/h3,6,9H,2,4-5,7-8H2,1H3,(H2,13,14,15,16,18,21). The zero-order valence-corrected chi connectivity index (χ0v) is 13.1. The minimum absolute atomic E-state index is 0.309. The highest BCUT2D eigenvalue weighted by molar-refractivity contribution is 7.99. The number of nitrogens with zero attached hydrogens (tertiary/aromatic N) is 6. The Morgan fingerprint density at radius 2 is 2.23 bits per heavy atom. The van der Waals surface area contributed by atoms with Crippen LogP contribution in [0.15, 0.2) is 12.3 Å². The van der Waals surface area contributed by atoms with Gasteiger partial charge in [-0.05, 0) is 41.7 Å². The van der Waals surface area contributed by atoms with E-state index in [1.807, 2.05) is 29.6 Å². The first-order valence-corrected chi connectivity index (χ1v) is 8.39. The van der Waals surface area contributed by atoms with Crippen molar-refractivity contribution in [3.8, 4) is 0 Å². The van der Waals surface area contributed by atoms with Crippen molar-refractivity contribution in [2.45, 2.75) is 32.4 Å². The second-order valence-electron chi connectivity index (χ2n) is 4.92. The fourth-order valence-electron chi connectivity index (χ4n) is 2.31. The summed E-state index contributed by atoms with van der Waals surface area (Å²) in [6.45, 7) is 2.47. The Balaban J connectivity index is 1.58. The number of urea groups is 1. The quantitative estimate of drug-likeness (QED) is 0.886. The Morgan fingerprint density at radius 1 is 1.41 bits per heavy atom. The van der Waals surface area contributed by atoms with Crippen molar-refractivity contribution in [2.24, 2.45) is 0 Å². The number of rotatable bonds is 4. The number of anilines is 2. The first-order valence-electron chi connectivity index (χ1n) is 7.23. The number of aryl methyl sites for hydroxylation is 1. The van der Waals surface area contributed by atoms with Crippen LogP contribution in [0.5, 0.6) is 0 Å². The SMILES string of the molecule is CCn1nnnc1NC(=O)Nc1ccn(C2CCSCC2)n1. The molecule has 0 saturated carbocycles. The van der Waals surface area contributed by atoms with Crippen molar-refractivity contribution in [1.29, 1.82) is 0 Å². The molecule has 118 valence electrons. The van der Waals surface area contributed by atoms with Gasteiger partial charge in [0.2, 0.25) is 0 Å². The Labute approximate surface area is 131 Å². The Kier molecular flexibility index (Phi) is 4.56. The van der Waals surface area contributed by atoms with Crippen molar-refractivity contribution in [2.75, 3.05) is 22.1 Å². The van der Waals surface area contributed by atoms with Crippen LogP contribution in [-0.2, 0) is 6.54 Å². The molecule has 2 amide bonds. The number of carbonyl (C=O) groups is 1. The van der Waals surface area contributed by atoms with Crippen LogP contribution in [-0.4, -0.2) is 47.5 Å². The maximum absolute atomic E-state index is 11.9. The lowest BCUT2D eigenvalue weighted by molar-refractivity contribution is 0.261. The fourth-order valence-corrected chi connectivity index (χ4v) is 3.40. The summed E-state index contributed by atoms with van der Waals surface area (Å²) in [5, 5.41) is 20.7. The first-order chi connectivity index (χ1) is 10.8. The minimum atomic E-state index is -0.408. The molecule has 0 aromatic carbocycles. The molecular formula is C12H18N8OS. The average Bonchev–Trinajstić information content (AvgIpc) is 3.17. The molecule has 1 aliphatic rings. The number of thioether (sulfide) groups is 1. The molecule has 2 N–H and O–H groups in total. The van der Waals surface area contributed by atoms with Crippen molar-refractivity contribution in [1.82, 2.24) is 30.0 Å². The lowest BCUT2D eigenvalue weighted by atomic mass is 10.2. The Hall–Kier alpha value is -2.10.